The van der Waals surface area contributed by atoms with Crippen molar-refractivity contribution in [1.82, 2.24) is 4.90 Å². The number of carbonyl (C=O) groups excluding carboxylic acids is 1. The Labute approximate surface area is 201 Å². The van der Waals surface area contributed by atoms with E-state index in [0.29, 0.717) is 40.0 Å². The zero-order chi connectivity index (χ0) is 22.1. The van der Waals surface area contributed by atoms with Crippen LogP contribution in [0.5, 0.6) is 11.5 Å². The average Bonchev–Trinajstić information content (AvgIpc) is 2.77. The lowest BCUT2D eigenvalue weighted by atomic mass is 9.86. The Morgan fingerprint density at radius 1 is 1.29 bits per heavy atom. The Morgan fingerprint density at radius 3 is 2.71 bits per heavy atom. The number of nitriles is 1. The van der Waals surface area contributed by atoms with E-state index in [1.165, 1.54) is 11.8 Å². The molecule has 0 spiro atoms. The number of amides is 1. The smallest absolute Gasteiger partial charge is 0.229 e. The Morgan fingerprint density at radius 2 is 2.03 bits per heavy atom. The molecule has 0 radical (unpaired) electrons. The lowest BCUT2D eigenvalue weighted by Gasteiger charge is -2.42. The van der Waals surface area contributed by atoms with Crippen LogP contribution in [0.4, 0.5) is 5.69 Å². The maximum Gasteiger partial charge on any atom is 0.229 e. The Bertz CT molecular complexity index is 1100. The highest BCUT2D eigenvalue weighted by atomic mass is 79.9. The van der Waals surface area contributed by atoms with E-state index in [2.05, 4.69) is 42.8 Å². The molecule has 1 amide bonds. The first-order valence-electron chi connectivity index (χ1n) is 9.66. The predicted octanol–water partition coefficient (Wildman–Crippen LogP) is 5.54. The van der Waals surface area contributed by atoms with Crippen LogP contribution in [-0.4, -0.2) is 35.1 Å². The number of hydrogen-bond donors (Lipinski definition) is 1. The van der Waals surface area contributed by atoms with E-state index < -0.39 is 0 Å². The van der Waals surface area contributed by atoms with Gasteiger partial charge in [-0.2, -0.15) is 5.26 Å². The highest BCUT2D eigenvalue weighted by Crippen LogP contribution is 2.46. The van der Waals surface area contributed by atoms with Crippen LogP contribution >= 0.6 is 43.6 Å². The molecule has 4 rings (SSSR count). The van der Waals surface area contributed by atoms with Gasteiger partial charge < -0.3 is 14.7 Å². The quantitative estimate of drug-likeness (QED) is 0.526. The van der Waals surface area contributed by atoms with Gasteiger partial charge in [0.15, 0.2) is 11.5 Å². The fraction of sp³-hybridized carbons (Fsp3) is 0.273. The molecule has 1 saturated heterocycles. The summed E-state index contributed by atoms with van der Waals surface area (Å²) in [5, 5.41) is 20.9. The predicted molar refractivity (Wildman–Crippen MR) is 128 cm³/mol. The molecule has 0 saturated carbocycles. The summed E-state index contributed by atoms with van der Waals surface area (Å²) in [5.41, 5.74) is 2.35. The van der Waals surface area contributed by atoms with Crippen LogP contribution in [0.15, 0.2) is 55.9 Å². The van der Waals surface area contributed by atoms with Gasteiger partial charge in [-0.1, -0.05) is 27.7 Å². The average molecular weight is 565 g/mol. The largest absolute Gasteiger partial charge is 0.503 e. The fourth-order valence-corrected chi connectivity index (χ4v) is 5.61. The number of hydrogen-bond acceptors (Lipinski definition) is 6. The van der Waals surface area contributed by atoms with Crippen molar-refractivity contribution in [2.24, 2.45) is 0 Å². The lowest BCUT2D eigenvalue weighted by Crippen LogP contribution is -2.47. The van der Waals surface area contributed by atoms with Gasteiger partial charge in [0, 0.05) is 22.5 Å². The number of aromatic hydroxyl groups is 1. The molecule has 2 aromatic rings. The van der Waals surface area contributed by atoms with Crippen LogP contribution in [0.1, 0.15) is 24.8 Å². The number of rotatable bonds is 4. The fourth-order valence-electron chi connectivity index (χ4n) is 3.72. The molecule has 2 aliphatic rings. The number of benzene rings is 2. The summed E-state index contributed by atoms with van der Waals surface area (Å²) < 4.78 is 7.01. The molecule has 2 aliphatic heterocycles. The van der Waals surface area contributed by atoms with Gasteiger partial charge in [0.1, 0.15) is 0 Å². The van der Waals surface area contributed by atoms with Crippen LogP contribution in [0.2, 0.25) is 0 Å². The van der Waals surface area contributed by atoms with Crippen LogP contribution in [0.3, 0.4) is 0 Å². The van der Waals surface area contributed by atoms with Gasteiger partial charge in [-0.15, -0.1) is 0 Å². The number of ether oxygens (including phenoxy) is 1. The standard InChI is InChI=1S/C22H19Br2N3O3S/c1-2-30-19-8-13(7-18(24)21(19)29)16-9-20(28)27-11-26(12-31-22(27)17(16)10-25)15-5-3-14(23)4-6-15/h3-8,16,29H,2,9,11-12H2,1H3/t16-/m0/s1. The lowest BCUT2D eigenvalue weighted by molar-refractivity contribution is -0.129. The van der Waals surface area contributed by atoms with Crippen molar-refractivity contribution in [1.29, 1.82) is 5.26 Å². The molecule has 160 valence electrons. The Balaban J connectivity index is 1.68. The molecule has 31 heavy (non-hydrogen) atoms. The summed E-state index contributed by atoms with van der Waals surface area (Å²) in [6, 6.07) is 13.8. The molecule has 0 aromatic heterocycles. The van der Waals surface area contributed by atoms with E-state index in [4.69, 9.17) is 4.74 Å². The number of phenols is 1. The third kappa shape index (κ3) is 4.29. The van der Waals surface area contributed by atoms with Crippen molar-refractivity contribution in [3.8, 4) is 17.6 Å². The van der Waals surface area contributed by atoms with E-state index in [1.54, 1.807) is 17.0 Å². The van der Waals surface area contributed by atoms with Crippen molar-refractivity contribution < 1.29 is 14.6 Å². The molecular formula is C22H19Br2N3O3S. The highest BCUT2D eigenvalue weighted by Gasteiger charge is 2.38. The molecule has 2 aromatic carbocycles. The number of phenolic OH excluding ortho intramolecular Hbond substituents is 1. The van der Waals surface area contributed by atoms with Crippen molar-refractivity contribution >= 4 is 55.2 Å². The van der Waals surface area contributed by atoms with Crippen LogP contribution in [0, 0.1) is 11.3 Å². The first-order valence-corrected chi connectivity index (χ1v) is 12.2. The van der Waals surface area contributed by atoms with Crippen molar-refractivity contribution in [3.05, 3.63) is 61.5 Å². The second kappa shape index (κ2) is 9.15. The number of nitrogens with zero attached hydrogens (tertiary/aromatic N) is 3. The van der Waals surface area contributed by atoms with Gasteiger partial charge in [0.25, 0.3) is 0 Å². The van der Waals surface area contributed by atoms with Gasteiger partial charge in [0.05, 0.1) is 40.3 Å². The van der Waals surface area contributed by atoms with Gasteiger partial charge in [0.2, 0.25) is 5.91 Å². The molecule has 1 atom stereocenters. The second-order valence-corrected chi connectivity index (χ2v) is 9.83. The SMILES string of the molecule is CCOc1cc([C@@H]2CC(=O)N3CN(c4ccc(Br)cc4)CSC3=C2C#N)cc(Br)c1O. The topological polar surface area (TPSA) is 76.8 Å². The molecule has 2 heterocycles. The Kier molecular flexibility index (Phi) is 6.51. The normalized spacial score (nSPS) is 18.6. The second-order valence-electron chi connectivity index (χ2n) is 7.12. The van der Waals surface area contributed by atoms with E-state index in [9.17, 15) is 15.2 Å². The molecule has 1 N–H and O–H groups in total. The summed E-state index contributed by atoms with van der Waals surface area (Å²) in [7, 11) is 0. The third-order valence-corrected chi connectivity index (χ3v) is 7.53. The molecule has 0 unspecified atom stereocenters. The summed E-state index contributed by atoms with van der Waals surface area (Å²) >= 11 is 8.30. The first-order chi connectivity index (χ1) is 14.9. The number of carbonyl (C=O) groups is 1. The van der Waals surface area contributed by atoms with Crippen LogP contribution in [-0.2, 0) is 4.79 Å². The van der Waals surface area contributed by atoms with E-state index in [-0.39, 0.29) is 24.0 Å². The minimum Gasteiger partial charge on any atom is -0.503 e. The number of anilines is 1. The van der Waals surface area contributed by atoms with Crippen LogP contribution in [0.25, 0.3) is 0 Å². The summed E-state index contributed by atoms with van der Waals surface area (Å²) in [6.07, 6.45) is 0.184. The van der Waals surface area contributed by atoms with E-state index in [0.717, 1.165) is 15.7 Å². The van der Waals surface area contributed by atoms with Gasteiger partial charge in [-0.25, -0.2) is 0 Å². The maximum atomic E-state index is 13.1. The van der Waals surface area contributed by atoms with Gasteiger partial charge in [-0.3, -0.25) is 9.69 Å². The van der Waals surface area contributed by atoms with Crippen molar-refractivity contribution in [2.45, 2.75) is 19.3 Å². The minimum atomic E-state index is -0.383. The van der Waals surface area contributed by atoms with Gasteiger partial charge in [-0.05, 0) is 64.8 Å². The van der Waals surface area contributed by atoms with Gasteiger partial charge >= 0.3 is 0 Å². The molecule has 1 fully saturated rings. The van der Waals surface area contributed by atoms with E-state index in [1.807, 2.05) is 31.2 Å². The number of allylic oxidation sites excluding steroid dienone is 1. The van der Waals surface area contributed by atoms with E-state index >= 15 is 0 Å². The zero-order valence-corrected chi connectivity index (χ0v) is 20.6. The maximum absolute atomic E-state index is 13.1. The summed E-state index contributed by atoms with van der Waals surface area (Å²) in [4.78, 5) is 16.9. The van der Waals surface area contributed by atoms with Crippen molar-refractivity contribution in [2.75, 3.05) is 24.1 Å². The molecule has 6 nitrogen and oxygen atoms in total. The number of fused-ring (bicyclic) bond motifs is 1. The summed E-state index contributed by atoms with van der Waals surface area (Å²) in [6.45, 7) is 2.64. The first kappa shape index (κ1) is 22.1. The number of halogens is 2. The summed E-state index contributed by atoms with van der Waals surface area (Å²) in [5.74, 6) is 0.573. The molecule has 0 aliphatic carbocycles. The number of thioether (sulfide) groups is 1. The molecule has 9 heteroatoms. The Hall–Kier alpha value is -2.15. The third-order valence-electron chi connectivity index (χ3n) is 5.24. The monoisotopic (exact) mass is 563 g/mol. The molecular weight excluding hydrogens is 546 g/mol. The van der Waals surface area contributed by atoms with Crippen molar-refractivity contribution in [3.63, 3.8) is 0 Å². The zero-order valence-electron chi connectivity index (χ0n) is 16.6. The minimum absolute atomic E-state index is 0.0118. The molecule has 0 bridgehead atoms. The highest BCUT2D eigenvalue weighted by molar-refractivity contribution is 9.10. The van der Waals surface area contributed by atoms with Crippen LogP contribution < -0.4 is 9.64 Å².